The first kappa shape index (κ1) is 10.9. The van der Waals surface area contributed by atoms with Crippen LogP contribution in [0.2, 0.25) is 0 Å². The van der Waals surface area contributed by atoms with Crippen LogP contribution in [0.15, 0.2) is 0 Å². The lowest BCUT2D eigenvalue weighted by molar-refractivity contribution is -0.00557. The molecule has 0 bridgehead atoms. The van der Waals surface area contributed by atoms with Crippen molar-refractivity contribution in [3.05, 3.63) is 0 Å². The molecule has 0 aromatic rings. The molecular weight excluding hydrogens is 204 g/mol. The Morgan fingerprint density at radius 2 is 1.12 bits per heavy atom. The predicted octanol–water partition coefficient (Wildman–Crippen LogP) is 5.03. The van der Waals surface area contributed by atoms with Crippen molar-refractivity contribution in [3.63, 3.8) is 0 Å². The summed E-state index contributed by atoms with van der Waals surface area (Å²) in [6, 6.07) is 0. The molecule has 17 heavy (non-hydrogen) atoms. The molecule has 96 valence electrons. The van der Waals surface area contributed by atoms with E-state index in [0.717, 1.165) is 23.7 Å². The molecule has 4 aliphatic carbocycles. The fourth-order valence-corrected chi connectivity index (χ4v) is 6.28. The molecule has 4 saturated carbocycles. The van der Waals surface area contributed by atoms with Gasteiger partial charge in [0.1, 0.15) is 0 Å². The van der Waals surface area contributed by atoms with Gasteiger partial charge in [0.25, 0.3) is 0 Å². The van der Waals surface area contributed by atoms with Crippen LogP contribution in [0.25, 0.3) is 0 Å². The van der Waals surface area contributed by atoms with Crippen LogP contribution in [-0.4, -0.2) is 0 Å². The van der Waals surface area contributed by atoms with E-state index in [0.29, 0.717) is 0 Å². The van der Waals surface area contributed by atoms with E-state index in [1.165, 1.54) is 11.8 Å². The number of hydrogen-bond acceptors (Lipinski definition) is 0. The van der Waals surface area contributed by atoms with Crippen LogP contribution in [0, 0.1) is 35.5 Å². The molecule has 0 heteroatoms. The molecule has 4 fully saturated rings. The summed E-state index contributed by atoms with van der Waals surface area (Å²) in [6.45, 7) is 0. The molecule has 0 aliphatic heterocycles. The summed E-state index contributed by atoms with van der Waals surface area (Å²) in [4.78, 5) is 0. The standard InChI is InChI=1S/C17H28/c1-2-7-16-12(4-1)8-9-15-10-13-5-3-6-14(13)11-17(15)16/h12-17H,1-11H2. The summed E-state index contributed by atoms with van der Waals surface area (Å²) in [5.41, 5.74) is 0. The summed E-state index contributed by atoms with van der Waals surface area (Å²) in [5, 5.41) is 0. The molecule has 0 N–H and O–H groups in total. The van der Waals surface area contributed by atoms with E-state index in [1.807, 2.05) is 0 Å². The monoisotopic (exact) mass is 232 g/mol. The van der Waals surface area contributed by atoms with Crippen LogP contribution in [0.1, 0.15) is 70.6 Å². The van der Waals surface area contributed by atoms with Gasteiger partial charge < -0.3 is 0 Å². The van der Waals surface area contributed by atoms with Gasteiger partial charge >= 0.3 is 0 Å². The molecule has 0 spiro atoms. The molecule has 0 aromatic heterocycles. The van der Waals surface area contributed by atoms with Crippen molar-refractivity contribution in [2.75, 3.05) is 0 Å². The third kappa shape index (κ3) is 1.78. The lowest BCUT2D eigenvalue weighted by atomic mass is 9.55. The SMILES string of the molecule is C1CC2CC3CCC4CCCCC4C3CC2C1. The smallest absolute Gasteiger partial charge is 0.0352 e. The average molecular weight is 232 g/mol. The van der Waals surface area contributed by atoms with Gasteiger partial charge in [-0.25, -0.2) is 0 Å². The van der Waals surface area contributed by atoms with Crippen molar-refractivity contribution in [2.45, 2.75) is 70.6 Å². The van der Waals surface area contributed by atoms with Gasteiger partial charge in [-0.3, -0.25) is 0 Å². The van der Waals surface area contributed by atoms with Gasteiger partial charge in [0.2, 0.25) is 0 Å². The summed E-state index contributed by atoms with van der Waals surface area (Å²) in [6.07, 6.45) is 17.5. The van der Waals surface area contributed by atoms with Crippen molar-refractivity contribution < 1.29 is 0 Å². The van der Waals surface area contributed by atoms with Crippen LogP contribution in [0.4, 0.5) is 0 Å². The Morgan fingerprint density at radius 3 is 2.06 bits per heavy atom. The topological polar surface area (TPSA) is 0 Å². The highest BCUT2D eigenvalue weighted by atomic mass is 14.5. The molecular formula is C17H28. The first-order valence-electron chi connectivity index (χ1n) is 8.42. The second kappa shape index (κ2) is 4.28. The minimum absolute atomic E-state index is 1.16. The fourth-order valence-electron chi connectivity index (χ4n) is 6.28. The first-order chi connectivity index (χ1) is 8.42. The molecule has 6 unspecified atom stereocenters. The van der Waals surface area contributed by atoms with E-state index < -0.39 is 0 Å². The fraction of sp³-hybridized carbons (Fsp3) is 1.00. The van der Waals surface area contributed by atoms with Crippen molar-refractivity contribution >= 4 is 0 Å². The van der Waals surface area contributed by atoms with Gasteiger partial charge in [-0.2, -0.15) is 0 Å². The van der Waals surface area contributed by atoms with E-state index in [9.17, 15) is 0 Å². The third-order valence-corrected chi connectivity index (χ3v) is 7.03. The van der Waals surface area contributed by atoms with Gasteiger partial charge in [-0.1, -0.05) is 38.5 Å². The number of fused-ring (bicyclic) bond motifs is 4. The largest absolute Gasteiger partial charge is 0.0530 e. The Labute approximate surface area is 107 Å². The normalized spacial score (nSPS) is 53.6. The molecule has 0 amide bonds. The molecule has 0 nitrogen and oxygen atoms in total. The summed E-state index contributed by atoms with van der Waals surface area (Å²) in [5.74, 6) is 6.99. The third-order valence-electron chi connectivity index (χ3n) is 7.03. The lowest BCUT2D eigenvalue weighted by Gasteiger charge is -2.50. The van der Waals surface area contributed by atoms with Crippen LogP contribution >= 0.6 is 0 Å². The zero-order valence-corrected chi connectivity index (χ0v) is 11.2. The first-order valence-corrected chi connectivity index (χ1v) is 8.42. The molecule has 6 atom stereocenters. The summed E-state index contributed by atoms with van der Waals surface area (Å²) < 4.78 is 0. The zero-order chi connectivity index (χ0) is 11.2. The van der Waals surface area contributed by atoms with E-state index in [-0.39, 0.29) is 0 Å². The molecule has 0 heterocycles. The Hall–Kier alpha value is 0. The number of rotatable bonds is 0. The van der Waals surface area contributed by atoms with Crippen molar-refractivity contribution in [1.29, 1.82) is 0 Å². The Balaban J connectivity index is 1.54. The Kier molecular flexibility index (Phi) is 2.74. The summed E-state index contributed by atoms with van der Waals surface area (Å²) >= 11 is 0. The minimum Gasteiger partial charge on any atom is -0.0530 e. The second-order valence-corrected chi connectivity index (χ2v) is 7.63. The molecule has 4 rings (SSSR count). The van der Waals surface area contributed by atoms with Crippen LogP contribution in [-0.2, 0) is 0 Å². The van der Waals surface area contributed by atoms with Gasteiger partial charge in [-0.15, -0.1) is 0 Å². The lowest BCUT2D eigenvalue weighted by Crippen LogP contribution is -2.41. The van der Waals surface area contributed by atoms with Gasteiger partial charge in [-0.05, 0) is 67.6 Å². The maximum absolute atomic E-state index is 1.65. The molecule has 4 aliphatic rings. The molecule has 0 saturated heterocycles. The summed E-state index contributed by atoms with van der Waals surface area (Å²) in [7, 11) is 0. The maximum Gasteiger partial charge on any atom is -0.0352 e. The maximum atomic E-state index is 1.65. The highest BCUT2D eigenvalue weighted by Gasteiger charge is 2.46. The zero-order valence-electron chi connectivity index (χ0n) is 11.2. The van der Waals surface area contributed by atoms with Gasteiger partial charge in [0.15, 0.2) is 0 Å². The highest BCUT2D eigenvalue weighted by molar-refractivity contribution is 4.96. The van der Waals surface area contributed by atoms with E-state index in [1.54, 1.807) is 70.6 Å². The van der Waals surface area contributed by atoms with Crippen LogP contribution in [0.3, 0.4) is 0 Å². The van der Waals surface area contributed by atoms with E-state index >= 15 is 0 Å². The molecule has 0 radical (unpaired) electrons. The van der Waals surface area contributed by atoms with Gasteiger partial charge in [0, 0.05) is 0 Å². The second-order valence-electron chi connectivity index (χ2n) is 7.63. The number of hydrogen-bond donors (Lipinski definition) is 0. The molecule has 0 aromatic carbocycles. The van der Waals surface area contributed by atoms with Crippen molar-refractivity contribution in [2.24, 2.45) is 35.5 Å². The van der Waals surface area contributed by atoms with Crippen LogP contribution in [0.5, 0.6) is 0 Å². The van der Waals surface area contributed by atoms with Crippen LogP contribution < -0.4 is 0 Å². The Morgan fingerprint density at radius 1 is 0.412 bits per heavy atom. The minimum atomic E-state index is 1.16. The average Bonchev–Trinajstić information content (AvgIpc) is 2.83. The quantitative estimate of drug-likeness (QED) is 0.549. The van der Waals surface area contributed by atoms with Gasteiger partial charge in [0.05, 0.1) is 0 Å². The Bertz CT molecular complexity index is 282. The van der Waals surface area contributed by atoms with Crippen molar-refractivity contribution in [3.8, 4) is 0 Å². The highest BCUT2D eigenvalue weighted by Crippen LogP contribution is 2.56. The van der Waals surface area contributed by atoms with E-state index in [2.05, 4.69) is 0 Å². The van der Waals surface area contributed by atoms with Crippen molar-refractivity contribution in [1.82, 2.24) is 0 Å². The predicted molar refractivity (Wildman–Crippen MR) is 71.7 cm³/mol. The van der Waals surface area contributed by atoms with E-state index in [4.69, 9.17) is 0 Å².